The summed E-state index contributed by atoms with van der Waals surface area (Å²) >= 11 is 0. The van der Waals surface area contributed by atoms with Crippen molar-refractivity contribution >= 4 is 0 Å². The monoisotopic (exact) mass is 162 g/mol. The Labute approximate surface area is 70.8 Å². The molecule has 12 heavy (non-hydrogen) atoms. The topological polar surface area (TPSA) is 54.5 Å². The van der Waals surface area contributed by atoms with Crippen LogP contribution in [0, 0.1) is 11.3 Å². The van der Waals surface area contributed by atoms with Gasteiger partial charge in [0.2, 0.25) is 0 Å². The Morgan fingerprint density at radius 1 is 1.67 bits per heavy atom. The van der Waals surface area contributed by atoms with E-state index in [4.69, 9.17) is 5.26 Å². The van der Waals surface area contributed by atoms with Crippen molar-refractivity contribution in [2.75, 3.05) is 0 Å². The Kier molecular flexibility index (Phi) is 1.58. The molecule has 1 aromatic rings. The van der Waals surface area contributed by atoms with Gasteiger partial charge in [-0.2, -0.15) is 5.26 Å². The van der Waals surface area contributed by atoms with Crippen LogP contribution in [0.1, 0.15) is 30.1 Å². The molecule has 2 rings (SSSR count). The fourth-order valence-corrected chi connectivity index (χ4v) is 1.69. The van der Waals surface area contributed by atoms with Crippen LogP contribution < -0.4 is 0 Å². The van der Waals surface area contributed by atoms with Crippen LogP contribution in [-0.2, 0) is 13.5 Å². The summed E-state index contributed by atoms with van der Waals surface area (Å²) in [5.74, 6) is -0.0255. The van der Waals surface area contributed by atoms with E-state index in [9.17, 15) is 0 Å². The van der Waals surface area contributed by atoms with Crippen LogP contribution in [0.4, 0.5) is 0 Å². The third-order valence-electron chi connectivity index (χ3n) is 2.37. The maximum absolute atomic E-state index is 8.82. The minimum Gasteiger partial charge on any atom is -0.252 e. The lowest BCUT2D eigenvalue weighted by Crippen LogP contribution is -2.10. The smallest absolute Gasteiger partial charge is 0.103 e. The molecule has 0 saturated carbocycles. The van der Waals surface area contributed by atoms with Gasteiger partial charge in [0.1, 0.15) is 5.69 Å². The highest BCUT2D eigenvalue weighted by Crippen LogP contribution is 2.28. The Hall–Kier alpha value is -1.37. The molecule has 4 heteroatoms. The van der Waals surface area contributed by atoms with Gasteiger partial charge in [-0.3, -0.25) is 4.68 Å². The van der Waals surface area contributed by atoms with Gasteiger partial charge < -0.3 is 0 Å². The number of nitriles is 1. The van der Waals surface area contributed by atoms with E-state index in [0.29, 0.717) is 0 Å². The average molecular weight is 162 g/mol. The van der Waals surface area contributed by atoms with Gasteiger partial charge in [-0.15, -0.1) is 5.10 Å². The summed E-state index contributed by atoms with van der Waals surface area (Å²) in [6.45, 7) is 0. The van der Waals surface area contributed by atoms with E-state index < -0.39 is 0 Å². The molecule has 1 heterocycles. The molecule has 0 radical (unpaired) electrons. The second-order valence-electron chi connectivity index (χ2n) is 3.12. The first-order valence-corrected chi connectivity index (χ1v) is 4.11. The molecule has 0 amide bonds. The lowest BCUT2D eigenvalue weighted by Gasteiger charge is -2.14. The molecule has 0 bridgehead atoms. The molecule has 0 aliphatic heterocycles. The molecular weight excluding hydrogens is 152 g/mol. The van der Waals surface area contributed by atoms with Crippen LogP contribution in [-0.4, -0.2) is 15.0 Å². The molecular formula is C8H10N4. The number of aryl methyl sites for hydroxylation is 1. The van der Waals surface area contributed by atoms with Gasteiger partial charge in [-0.25, -0.2) is 0 Å². The molecule has 0 fully saturated rings. The van der Waals surface area contributed by atoms with Crippen molar-refractivity contribution in [1.82, 2.24) is 15.0 Å². The summed E-state index contributed by atoms with van der Waals surface area (Å²) in [7, 11) is 1.88. The predicted octanol–water partition coefficient (Wildman–Crippen LogP) is 0.759. The van der Waals surface area contributed by atoms with Gasteiger partial charge in [0.15, 0.2) is 0 Å². The zero-order chi connectivity index (χ0) is 8.55. The van der Waals surface area contributed by atoms with Gasteiger partial charge in [-0.1, -0.05) is 5.21 Å². The Balaban J connectivity index is 2.47. The summed E-state index contributed by atoms with van der Waals surface area (Å²) in [6.07, 6.45) is 3.02. The Bertz CT molecular complexity index is 333. The zero-order valence-corrected chi connectivity index (χ0v) is 6.99. The number of hydrogen-bond donors (Lipinski definition) is 0. The van der Waals surface area contributed by atoms with Crippen LogP contribution >= 0.6 is 0 Å². The molecule has 1 aromatic heterocycles. The molecule has 1 aliphatic rings. The normalized spacial score (nSPS) is 21.5. The summed E-state index contributed by atoms with van der Waals surface area (Å²) in [5, 5.41) is 16.7. The first kappa shape index (κ1) is 7.29. The van der Waals surface area contributed by atoms with Gasteiger partial charge >= 0.3 is 0 Å². The van der Waals surface area contributed by atoms with E-state index in [2.05, 4.69) is 16.4 Å². The van der Waals surface area contributed by atoms with E-state index in [1.807, 2.05) is 7.05 Å². The summed E-state index contributed by atoms with van der Waals surface area (Å²) in [4.78, 5) is 0. The predicted molar refractivity (Wildman–Crippen MR) is 42.3 cm³/mol. The molecule has 0 saturated heterocycles. The van der Waals surface area contributed by atoms with Crippen molar-refractivity contribution in [3.8, 4) is 6.07 Å². The lowest BCUT2D eigenvalue weighted by atomic mass is 9.91. The standard InChI is InChI=1S/C8H10N4/c1-12-7-4-2-3-6(5-9)8(7)10-11-12/h6H,2-4H2,1H3. The van der Waals surface area contributed by atoms with Crippen molar-refractivity contribution in [1.29, 1.82) is 5.26 Å². The molecule has 0 spiro atoms. The van der Waals surface area contributed by atoms with Crippen molar-refractivity contribution in [3.05, 3.63) is 11.4 Å². The second kappa shape index (κ2) is 2.59. The van der Waals surface area contributed by atoms with Crippen molar-refractivity contribution < 1.29 is 0 Å². The van der Waals surface area contributed by atoms with Crippen LogP contribution in [0.5, 0.6) is 0 Å². The molecule has 0 aromatic carbocycles. The maximum Gasteiger partial charge on any atom is 0.103 e. The third kappa shape index (κ3) is 0.900. The van der Waals surface area contributed by atoms with Gasteiger partial charge in [0.05, 0.1) is 17.7 Å². The summed E-state index contributed by atoms with van der Waals surface area (Å²) < 4.78 is 1.78. The highest BCUT2D eigenvalue weighted by Gasteiger charge is 2.24. The van der Waals surface area contributed by atoms with Gasteiger partial charge in [-0.05, 0) is 19.3 Å². The molecule has 1 aliphatic carbocycles. The first-order chi connectivity index (χ1) is 5.83. The SMILES string of the molecule is Cn1nnc2c1CCCC2C#N. The van der Waals surface area contributed by atoms with Crippen LogP contribution in [0.15, 0.2) is 0 Å². The summed E-state index contributed by atoms with van der Waals surface area (Å²) in [6, 6.07) is 2.26. The van der Waals surface area contributed by atoms with Crippen molar-refractivity contribution in [2.24, 2.45) is 7.05 Å². The van der Waals surface area contributed by atoms with E-state index >= 15 is 0 Å². The third-order valence-corrected chi connectivity index (χ3v) is 2.37. The molecule has 1 unspecified atom stereocenters. The summed E-state index contributed by atoms with van der Waals surface area (Å²) in [5.41, 5.74) is 2.03. The quantitative estimate of drug-likeness (QED) is 0.566. The highest BCUT2D eigenvalue weighted by atomic mass is 15.4. The number of nitrogens with zero attached hydrogens (tertiary/aromatic N) is 4. The maximum atomic E-state index is 8.82. The molecule has 4 nitrogen and oxygen atoms in total. The van der Waals surface area contributed by atoms with Crippen molar-refractivity contribution in [2.45, 2.75) is 25.2 Å². The number of fused-ring (bicyclic) bond motifs is 1. The highest BCUT2D eigenvalue weighted by molar-refractivity contribution is 5.24. The minimum atomic E-state index is -0.0255. The van der Waals surface area contributed by atoms with Gasteiger partial charge in [0, 0.05) is 7.05 Å². The average Bonchev–Trinajstić information content (AvgIpc) is 2.48. The van der Waals surface area contributed by atoms with E-state index in [1.54, 1.807) is 4.68 Å². The number of aromatic nitrogens is 3. The molecule has 1 atom stereocenters. The zero-order valence-electron chi connectivity index (χ0n) is 6.99. The minimum absolute atomic E-state index is 0.0255. The van der Waals surface area contributed by atoms with E-state index in [0.717, 1.165) is 30.7 Å². The van der Waals surface area contributed by atoms with E-state index in [-0.39, 0.29) is 5.92 Å². The molecule has 62 valence electrons. The lowest BCUT2D eigenvalue weighted by molar-refractivity contribution is 0.596. The Morgan fingerprint density at radius 2 is 2.50 bits per heavy atom. The fraction of sp³-hybridized carbons (Fsp3) is 0.625. The Morgan fingerprint density at radius 3 is 3.25 bits per heavy atom. The second-order valence-corrected chi connectivity index (χ2v) is 3.12. The van der Waals surface area contributed by atoms with Gasteiger partial charge in [0.25, 0.3) is 0 Å². The fourth-order valence-electron chi connectivity index (χ4n) is 1.69. The van der Waals surface area contributed by atoms with Crippen LogP contribution in [0.3, 0.4) is 0 Å². The number of rotatable bonds is 0. The largest absolute Gasteiger partial charge is 0.252 e. The van der Waals surface area contributed by atoms with E-state index in [1.165, 1.54) is 0 Å². The van der Waals surface area contributed by atoms with Crippen molar-refractivity contribution in [3.63, 3.8) is 0 Å². The van der Waals surface area contributed by atoms with Crippen LogP contribution in [0.2, 0.25) is 0 Å². The molecule has 0 N–H and O–H groups in total. The van der Waals surface area contributed by atoms with Crippen LogP contribution in [0.25, 0.3) is 0 Å². The first-order valence-electron chi connectivity index (χ1n) is 4.11. The number of hydrogen-bond acceptors (Lipinski definition) is 3.